The molecule has 0 aliphatic carbocycles. The van der Waals surface area contributed by atoms with Crippen molar-refractivity contribution >= 4 is 0 Å². The molecule has 0 aliphatic heterocycles. The van der Waals surface area contributed by atoms with Gasteiger partial charge in [0, 0.05) is 25.2 Å². The molecule has 0 amide bonds. The van der Waals surface area contributed by atoms with Gasteiger partial charge in [-0.15, -0.1) is 0 Å². The third-order valence-electron chi connectivity index (χ3n) is 2.65. The number of benzene rings is 1. The van der Waals surface area contributed by atoms with Gasteiger partial charge in [-0.05, 0) is 18.7 Å². The molecule has 4 heteroatoms. The molecule has 0 radical (unpaired) electrons. The number of nitrogens with two attached hydrogens (primary N) is 1. The lowest BCUT2D eigenvalue weighted by atomic mass is 10.2. The fraction of sp³-hybridized carbons (Fsp3) is 0.308. The predicted octanol–water partition coefficient (Wildman–Crippen LogP) is 1.60. The van der Waals surface area contributed by atoms with Crippen LogP contribution in [0.25, 0.3) is 11.4 Å². The molecule has 4 nitrogen and oxygen atoms in total. The Kier molecular flexibility index (Phi) is 3.44. The van der Waals surface area contributed by atoms with Crippen LogP contribution in [0.4, 0.5) is 0 Å². The Morgan fingerprint density at radius 2 is 2.24 bits per heavy atom. The molecule has 1 aromatic carbocycles. The summed E-state index contributed by atoms with van der Waals surface area (Å²) in [4.78, 5) is 4.57. The molecule has 0 unspecified atom stereocenters. The van der Waals surface area contributed by atoms with Crippen molar-refractivity contribution < 1.29 is 4.74 Å². The van der Waals surface area contributed by atoms with Gasteiger partial charge in [-0.3, -0.25) is 0 Å². The van der Waals surface area contributed by atoms with Crippen molar-refractivity contribution in [3.63, 3.8) is 0 Å². The Bertz CT molecular complexity index is 505. The fourth-order valence-electron chi connectivity index (χ4n) is 1.83. The Labute approximate surface area is 101 Å². The number of hydrogen-bond acceptors (Lipinski definition) is 3. The van der Waals surface area contributed by atoms with E-state index in [1.807, 2.05) is 42.1 Å². The van der Waals surface area contributed by atoms with Gasteiger partial charge in [-0.25, -0.2) is 4.98 Å². The summed E-state index contributed by atoms with van der Waals surface area (Å²) in [5.41, 5.74) is 7.61. The zero-order valence-electron chi connectivity index (χ0n) is 10.2. The van der Waals surface area contributed by atoms with Crippen molar-refractivity contribution in [2.45, 2.75) is 6.42 Å². The summed E-state index contributed by atoms with van der Waals surface area (Å²) >= 11 is 0. The SMILES string of the molecule is COc1cccc(-c2nc(CCN)cn2C)c1. The van der Waals surface area contributed by atoms with Gasteiger partial charge in [0.05, 0.1) is 12.8 Å². The highest BCUT2D eigenvalue weighted by atomic mass is 16.5. The first kappa shape index (κ1) is 11.7. The summed E-state index contributed by atoms with van der Waals surface area (Å²) in [6, 6.07) is 7.89. The van der Waals surface area contributed by atoms with E-state index in [4.69, 9.17) is 10.5 Å². The van der Waals surface area contributed by atoms with Crippen LogP contribution >= 0.6 is 0 Å². The van der Waals surface area contributed by atoms with Crippen LogP contribution in [0.5, 0.6) is 5.75 Å². The van der Waals surface area contributed by atoms with Gasteiger partial charge >= 0.3 is 0 Å². The fourth-order valence-corrected chi connectivity index (χ4v) is 1.83. The number of imidazole rings is 1. The lowest BCUT2D eigenvalue weighted by Gasteiger charge is -2.04. The third-order valence-corrected chi connectivity index (χ3v) is 2.65. The second kappa shape index (κ2) is 5.01. The van der Waals surface area contributed by atoms with Gasteiger partial charge in [0.1, 0.15) is 11.6 Å². The van der Waals surface area contributed by atoms with Gasteiger partial charge in [-0.1, -0.05) is 12.1 Å². The largest absolute Gasteiger partial charge is 0.497 e. The van der Waals surface area contributed by atoms with Crippen molar-refractivity contribution in [1.82, 2.24) is 9.55 Å². The average Bonchev–Trinajstić information content (AvgIpc) is 2.71. The highest BCUT2D eigenvalue weighted by Gasteiger charge is 2.07. The van der Waals surface area contributed by atoms with Crippen LogP contribution in [-0.4, -0.2) is 23.2 Å². The molecular weight excluding hydrogens is 214 g/mol. The lowest BCUT2D eigenvalue weighted by molar-refractivity contribution is 0.415. The minimum atomic E-state index is 0.620. The number of methoxy groups -OCH3 is 1. The van der Waals surface area contributed by atoms with Crippen LogP contribution in [-0.2, 0) is 13.5 Å². The molecule has 0 saturated carbocycles. The maximum atomic E-state index is 5.53. The van der Waals surface area contributed by atoms with E-state index in [0.717, 1.165) is 29.3 Å². The molecular formula is C13H17N3O. The normalized spacial score (nSPS) is 10.5. The summed E-state index contributed by atoms with van der Waals surface area (Å²) in [5, 5.41) is 0. The second-order valence-electron chi connectivity index (χ2n) is 3.94. The summed E-state index contributed by atoms with van der Waals surface area (Å²) in [6.07, 6.45) is 2.82. The van der Waals surface area contributed by atoms with E-state index in [2.05, 4.69) is 4.98 Å². The van der Waals surface area contributed by atoms with E-state index in [1.165, 1.54) is 0 Å². The van der Waals surface area contributed by atoms with Crippen molar-refractivity contribution in [2.24, 2.45) is 12.8 Å². The first-order chi connectivity index (χ1) is 8.24. The monoisotopic (exact) mass is 231 g/mol. The van der Waals surface area contributed by atoms with E-state index < -0.39 is 0 Å². The topological polar surface area (TPSA) is 53.1 Å². The Hall–Kier alpha value is -1.81. The van der Waals surface area contributed by atoms with Crippen molar-refractivity contribution in [3.05, 3.63) is 36.2 Å². The van der Waals surface area contributed by atoms with Crippen LogP contribution in [0, 0.1) is 0 Å². The van der Waals surface area contributed by atoms with Crippen molar-refractivity contribution in [3.8, 4) is 17.1 Å². The molecule has 0 saturated heterocycles. The maximum absolute atomic E-state index is 5.53. The molecule has 0 spiro atoms. The minimum absolute atomic E-state index is 0.620. The van der Waals surface area contributed by atoms with E-state index in [9.17, 15) is 0 Å². The Balaban J connectivity index is 2.37. The van der Waals surface area contributed by atoms with E-state index >= 15 is 0 Å². The number of nitrogens with zero attached hydrogens (tertiary/aromatic N) is 2. The summed E-state index contributed by atoms with van der Waals surface area (Å²) < 4.78 is 7.23. The summed E-state index contributed by atoms with van der Waals surface area (Å²) in [5.74, 6) is 1.78. The average molecular weight is 231 g/mol. The first-order valence-electron chi connectivity index (χ1n) is 5.61. The highest BCUT2D eigenvalue weighted by molar-refractivity contribution is 5.58. The van der Waals surface area contributed by atoms with Crippen LogP contribution in [0.15, 0.2) is 30.5 Å². The molecule has 0 aliphatic rings. The van der Waals surface area contributed by atoms with Gasteiger partial charge in [0.25, 0.3) is 0 Å². The minimum Gasteiger partial charge on any atom is -0.497 e. The number of hydrogen-bond donors (Lipinski definition) is 1. The van der Waals surface area contributed by atoms with E-state index in [0.29, 0.717) is 6.54 Å². The number of rotatable bonds is 4. The molecule has 2 N–H and O–H groups in total. The van der Waals surface area contributed by atoms with Crippen LogP contribution in [0.2, 0.25) is 0 Å². The molecule has 0 atom stereocenters. The molecule has 0 bridgehead atoms. The molecule has 2 aromatic rings. The van der Waals surface area contributed by atoms with Crippen LogP contribution < -0.4 is 10.5 Å². The lowest BCUT2D eigenvalue weighted by Crippen LogP contribution is -2.02. The summed E-state index contributed by atoms with van der Waals surface area (Å²) in [6.45, 7) is 0.620. The zero-order valence-corrected chi connectivity index (χ0v) is 10.2. The van der Waals surface area contributed by atoms with Gasteiger partial charge in [0.15, 0.2) is 0 Å². The third kappa shape index (κ3) is 2.47. The smallest absolute Gasteiger partial charge is 0.140 e. The highest BCUT2D eigenvalue weighted by Crippen LogP contribution is 2.22. The maximum Gasteiger partial charge on any atom is 0.140 e. The first-order valence-corrected chi connectivity index (χ1v) is 5.61. The van der Waals surface area contributed by atoms with Crippen LogP contribution in [0.3, 0.4) is 0 Å². The van der Waals surface area contributed by atoms with Crippen molar-refractivity contribution in [2.75, 3.05) is 13.7 Å². The van der Waals surface area contributed by atoms with Gasteiger partial charge < -0.3 is 15.0 Å². The zero-order chi connectivity index (χ0) is 12.3. The second-order valence-corrected chi connectivity index (χ2v) is 3.94. The standard InChI is InChI=1S/C13H17N3O/c1-16-9-11(6-7-14)15-13(16)10-4-3-5-12(8-10)17-2/h3-5,8-9H,6-7,14H2,1-2H3. The molecule has 0 fully saturated rings. The molecule has 90 valence electrons. The molecule has 17 heavy (non-hydrogen) atoms. The van der Waals surface area contributed by atoms with E-state index in [-0.39, 0.29) is 0 Å². The van der Waals surface area contributed by atoms with Crippen LogP contribution in [0.1, 0.15) is 5.69 Å². The van der Waals surface area contributed by atoms with Crippen molar-refractivity contribution in [1.29, 1.82) is 0 Å². The summed E-state index contributed by atoms with van der Waals surface area (Å²) in [7, 11) is 3.65. The van der Waals surface area contributed by atoms with Gasteiger partial charge in [0.2, 0.25) is 0 Å². The Morgan fingerprint density at radius 3 is 2.94 bits per heavy atom. The van der Waals surface area contributed by atoms with E-state index in [1.54, 1.807) is 7.11 Å². The predicted molar refractivity (Wildman–Crippen MR) is 68.0 cm³/mol. The number of aryl methyl sites for hydroxylation is 1. The molecule has 1 aromatic heterocycles. The number of ether oxygens (including phenoxy) is 1. The number of aromatic nitrogens is 2. The van der Waals surface area contributed by atoms with Gasteiger partial charge in [-0.2, -0.15) is 0 Å². The molecule has 2 rings (SSSR count). The quantitative estimate of drug-likeness (QED) is 0.869. The molecule has 1 heterocycles. The Morgan fingerprint density at radius 1 is 1.41 bits per heavy atom.